The van der Waals surface area contributed by atoms with Gasteiger partial charge in [-0.3, -0.25) is 14.5 Å². The Labute approximate surface area is 175 Å². The molecule has 2 rings (SSSR count). The average molecular weight is 404 g/mol. The van der Waals surface area contributed by atoms with Crippen LogP contribution in [0.3, 0.4) is 0 Å². The van der Waals surface area contributed by atoms with Crippen LogP contribution in [-0.2, 0) is 19.1 Å². The van der Waals surface area contributed by atoms with Crippen LogP contribution in [0.25, 0.3) is 0 Å². The van der Waals surface area contributed by atoms with Gasteiger partial charge in [0.05, 0.1) is 12.8 Å². The van der Waals surface area contributed by atoms with E-state index in [0.717, 1.165) is 12.8 Å². The summed E-state index contributed by atoms with van der Waals surface area (Å²) >= 11 is 0. The highest BCUT2D eigenvalue weighted by molar-refractivity contribution is 5.71. The molecule has 5 nitrogen and oxygen atoms in total. The Morgan fingerprint density at radius 3 is 1.69 bits per heavy atom. The van der Waals surface area contributed by atoms with Crippen LogP contribution in [0.15, 0.2) is 30.3 Å². The SMILES string of the molecule is C[C@@H](c1ccccc1)N1[C@@H](CC(=O)OC(C)(C)C)CC[C@H]1CC(=O)OC(C)(C)C. The van der Waals surface area contributed by atoms with Gasteiger partial charge in [-0.1, -0.05) is 30.3 Å². The van der Waals surface area contributed by atoms with Gasteiger partial charge in [-0.05, 0) is 66.9 Å². The molecule has 3 atom stereocenters. The number of likely N-dealkylation sites (tertiary alicyclic amines) is 1. The molecule has 1 aromatic carbocycles. The molecule has 1 fully saturated rings. The van der Waals surface area contributed by atoms with Gasteiger partial charge in [0.2, 0.25) is 0 Å². The molecule has 0 radical (unpaired) electrons. The molecule has 0 aliphatic carbocycles. The van der Waals surface area contributed by atoms with Gasteiger partial charge in [0.15, 0.2) is 0 Å². The number of carbonyl (C=O) groups excluding carboxylic acids is 2. The Morgan fingerprint density at radius 1 is 0.897 bits per heavy atom. The minimum Gasteiger partial charge on any atom is -0.460 e. The van der Waals surface area contributed by atoms with Crippen molar-refractivity contribution in [1.82, 2.24) is 4.90 Å². The van der Waals surface area contributed by atoms with E-state index in [1.165, 1.54) is 5.56 Å². The maximum atomic E-state index is 12.5. The standard InChI is InChI=1S/C24H37NO4/c1-17(18-11-9-8-10-12-18)25-19(15-21(26)28-23(2,3)4)13-14-20(25)16-22(27)29-24(5,6)7/h8-12,17,19-20H,13-16H2,1-7H3/t17-,19-,20+/m0/s1. The zero-order chi connectivity index (χ0) is 21.8. The van der Waals surface area contributed by atoms with Crippen molar-refractivity contribution >= 4 is 11.9 Å². The van der Waals surface area contributed by atoms with E-state index in [4.69, 9.17) is 9.47 Å². The Kier molecular flexibility index (Phi) is 7.50. The molecular formula is C24H37NO4. The first-order valence-corrected chi connectivity index (χ1v) is 10.6. The third-order valence-electron chi connectivity index (χ3n) is 5.05. The van der Waals surface area contributed by atoms with Crippen LogP contribution in [0.1, 0.15) is 85.8 Å². The van der Waals surface area contributed by atoms with Crippen molar-refractivity contribution in [3.8, 4) is 0 Å². The Morgan fingerprint density at radius 2 is 1.31 bits per heavy atom. The molecule has 0 spiro atoms. The molecule has 162 valence electrons. The Hall–Kier alpha value is -1.88. The monoisotopic (exact) mass is 403 g/mol. The first kappa shape index (κ1) is 23.4. The summed E-state index contributed by atoms with van der Waals surface area (Å²) in [7, 11) is 0. The quantitative estimate of drug-likeness (QED) is 0.623. The predicted molar refractivity (Wildman–Crippen MR) is 114 cm³/mol. The lowest BCUT2D eigenvalue weighted by molar-refractivity contribution is -0.156. The van der Waals surface area contributed by atoms with E-state index >= 15 is 0 Å². The molecule has 5 heteroatoms. The molecule has 0 bridgehead atoms. The Bertz CT molecular complexity index is 649. The molecule has 1 heterocycles. The lowest BCUT2D eigenvalue weighted by Crippen LogP contribution is -2.41. The second kappa shape index (κ2) is 9.29. The average Bonchev–Trinajstić information content (AvgIpc) is 2.93. The number of carbonyl (C=O) groups is 2. The van der Waals surface area contributed by atoms with E-state index in [0.29, 0.717) is 12.8 Å². The Balaban J connectivity index is 2.18. The zero-order valence-corrected chi connectivity index (χ0v) is 19.0. The van der Waals surface area contributed by atoms with E-state index < -0.39 is 11.2 Å². The molecule has 0 amide bonds. The van der Waals surface area contributed by atoms with Gasteiger partial charge in [0, 0.05) is 18.1 Å². The summed E-state index contributed by atoms with van der Waals surface area (Å²) in [6, 6.07) is 10.4. The number of hydrogen-bond acceptors (Lipinski definition) is 5. The highest BCUT2D eigenvalue weighted by Crippen LogP contribution is 2.37. The fraction of sp³-hybridized carbons (Fsp3) is 0.667. The lowest BCUT2D eigenvalue weighted by Gasteiger charge is -2.36. The summed E-state index contributed by atoms with van der Waals surface area (Å²) in [4.78, 5) is 27.3. The van der Waals surface area contributed by atoms with E-state index in [2.05, 4.69) is 24.0 Å². The highest BCUT2D eigenvalue weighted by Gasteiger charge is 2.40. The first-order chi connectivity index (χ1) is 13.4. The van der Waals surface area contributed by atoms with E-state index in [9.17, 15) is 9.59 Å². The highest BCUT2D eigenvalue weighted by atomic mass is 16.6. The molecule has 1 aromatic rings. The number of esters is 2. The molecule has 0 unspecified atom stereocenters. The van der Waals surface area contributed by atoms with Gasteiger partial charge < -0.3 is 9.47 Å². The van der Waals surface area contributed by atoms with Crippen LogP contribution in [0.4, 0.5) is 0 Å². The predicted octanol–water partition coefficient (Wildman–Crippen LogP) is 5.04. The third-order valence-corrected chi connectivity index (χ3v) is 5.05. The van der Waals surface area contributed by atoms with Crippen LogP contribution in [-0.4, -0.2) is 40.1 Å². The first-order valence-electron chi connectivity index (χ1n) is 10.6. The minimum absolute atomic E-state index is 0.0486. The van der Waals surface area contributed by atoms with Crippen molar-refractivity contribution in [2.24, 2.45) is 0 Å². The van der Waals surface area contributed by atoms with E-state index in [1.54, 1.807) is 0 Å². The van der Waals surface area contributed by atoms with Gasteiger partial charge in [-0.2, -0.15) is 0 Å². The van der Waals surface area contributed by atoms with Crippen LogP contribution < -0.4 is 0 Å². The molecule has 1 aliphatic rings. The normalized spacial score (nSPS) is 21.6. The van der Waals surface area contributed by atoms with Crippen LogP contribution >= 0.6 is 0 Å². The van der Waals surface area contributed by atoms with E-state index in [-0.39, 0.29) is 30.1 Å². The largest absolute Gasteiger partial charge is 0.460 e. The minimum atomic E-state index is -0.499. The fourth-order valence-corrected chi connectivity index (χ4v) is 4.08. The third kappa shape index (κ3) is 7.46. The van der Waals surface area contributed by atoms with Crippen molar-refractivity contribution in [2.45, 2.75) is 103 Å². The van der Waals surface area contributed by atoms with Crippen molar-refractivity contribution in [2.75, 3.05) is 0 Å². The van der Waals surface area contributed by atoms with E-state index in [1.807, 2.05) is 59.7 Å². The summed E-state index contributed by atoms with van der Waals surface area (Å²) in [5, 5.41) is 0. The summed E-state index contributed by atoms with van der Waals surface area (Å²) in [6.45, 7) is 13.4. The molecule has 0 saturated carbocycles. The second-order valence-electron chi connectivity index (χ2n) is 10.0. The van der Waals surface area contributed by atoms with Crippen LogP contribution in [0, 0.1) is 0 Å². The van der Waals surface area contributed by atoms with Gasteiger partial charge in [-0.25, -0.2) is 0 Å². The number of ether oxygens (including phenoxy) is 2. The van der Waals surface area contributed by atoms with Crippen LogP contribution in [0.2, 0.25) is 0 Å². The molecular weight excluding hydrogens is 366 g/mol. The number of rotatable bonds is 6. The van der Waals surface area contributed by atoms with Crippen molar-refractivity contribution in [3.05, 3.63) is 35.9 Å². The zero-order valence-electron chi connectivity index (χ0n) is 19.0. The summed E-state index contributed by atoms with van der Waals surface area (Å²) < 4.78 is 11.1. The molecule has 1 aliphatic heterocycles. The smallest absolute Gasteiger partial charge is 0.307 e. The second-order valence-corrected chi connectivity index (χ2v) is 10.0. The maximum Gasteiger partial charge on any atom is 0.307 e. The number of nitrogens with zero attached hydrogens (tertiary/aromatic N) is 1. The van der Waals surface area contributed by atoms with Crippen molar-refractivity contribution in [1.29, 1.82) is 0 Å². The van der Waals surface area contributed by atoms with Gasteiger partial charge >= 0.3 is 11.9 Å². The number of benzene rings is 1. The van der Waals surface area contributed by atoms with Gasteiger partial charge in [0.25, 0.3) is 0 Å². The van der Waals surface area contributed by atoms with Crippen LogP contribution in [0.5, 0.6) is 0 Å². The van der Waals surface area contributed by atoms with Gasteiger partial charge in [0.1, 0.15) is 11.2 Å². The molecule has 0 N–H and O–H groups in total. The lowest BCUT2D eigenvalue weighted by atomic mass is 10.0. The summed E-state index contributed by atoms with van der Waals surface area (Å²) in [5.41, 5.74) is 0.181. The molecule has 1 saturated heterocycles. The van der Waals surface area contributed by atoms with Crippen molar-refractivity contribution in [3.63, 3.8) is 0 Å². The summed E-state index contributed by atoms with van der Waals surface area (Å²) in [6.07, 6.45) is 2.40. The van der Waals surface area contributed by atoms with Gasteiger partial charge in [-0.15, -0.1) is 0 Å². The topological polar surface area (TPSA) is 55.8 Å². The summed E-state index contributed by atoms with van der Waals surface area (Å²) in [5.74, 6) is -0.378. The number of hydrogen-bond donors (Lipinski definition) is 0. The maximum absolute atomic E-state index is 12.5. The molecule has 0 aromatic heterocycles. The fourth-order valence-electron chi connectivity index (χ4n) is 4.08. The van der Waals surface area contributed by atoms with Crippen molar-refractivity contribution < 1.29 is 19.1 Å². The molecule has 29 heavy (non-hydrogen) atoms.